The van der Waals surface area contributed by atoms with Crippen molar-refractivity contribution in [2.75, 3.05) is 32.1 Å². The average molecular weight is 456 g/mol. The van der Waals surface area contributed by atoms with E-state index < -0.39 is 12.2 Å². The first-order chi connectivity index (χ1) is 15.5. The van der Waals surface area contributed by atoms with Gasteiger partial charge in [-0.05, 0) is 30.2 Å². The molecule has 32 heavy (non-hydrogen) atoms. The number of urea groups is 1. The summed E-state index contributed by atoms with van der Waals surface area (Å²) in [5.41, 5.74) is 1.77. The van der Waals surface area contributed by atoms with Crippen LogP contribution < -0.4 is 15.0 Å². The number of fused-ring (bicyclic) bond motifs is 3. The van der Waals surface area contributed by atoms with Crippen LogP contribution in [-0.2, 0) is 11.3 Å². The Hall–Kier alpha value is -2.81. The van der Waals surface area contributed by atoms with E-state index in [0.29, 0.717) is 5.02 Å². The maximum absolute atomic E-state index is 13.6. The van der Waals surface area contributed by atoms with E-state index in [-0.39, 0.29) is 24.8 Å². The Morgan fingerprint density at radius 2 is 1.94 bits per heavy atom. The van der Waals surface area contributed by atoms with E-state index in [0.717, 1.165) is 36.5 Å². The Bertz CT molecular complexity index is 1050. The van der Waals surface area contributed by atoms with Gasteiger partial charge in [0.25, 0.3) is 5.91 Å². The molecule has 3 aliphatic heterocycles. The highest BCUT2D eigenvalue weighted by atomic mass is 35.5. The Morgan fingerprint density at radius 1 is 1.12 bits per heavy atom. The summed E-state index contributed by atoms with van der Waals surface area (Å²) in [6.07, 6.45) is 0.327. The molecule has 3 atom stereocenters. The van der Waals surface area contributed by atoms with Crippen molar-refractivity contribution < 1.29 is 14.3 Å². The van der Waals surface area contributed by atoms with E-state index in [4.69, 9.17) is 16.3 Å². The van der Waals surface area contributed by atoms with Crippen LogP contribution in [0.4, 0.5) is 10.5 Å². The lowest BCUT2D eigenvalue weighted by Gasteiger charge is -2.44. The van der Waals surface area contributed by atoms with Crippen molar-refractivity contribution in [1.29, 1.82) is 0 Å². The number of nitrogens with zero attached hydrogens (tertiary/aromatic N) is 4. The molecule has 0 spiro atoms. The fraction of sp³-hybridized carbons (Fsp3) is 0.391. The number of carbonyl (C=O) groups excluding carboxylic acids is 2. The van der Waals surface area contributed by atoms with Crippen LogP contribution in [0.1, 0.15) is 12.0 Å². The van der Waals surface area contributed by atoms with Crippen LogP contribution in [0, 0.1) is 0 Å². The Morgan fingerprint density at radius 3 is 2.72 bits per heavy atom. The molecule has 1 N–H and O–H groups in total. The van der Waals surface area contributed by atoms with Gasteiger partial charge in [0, 0.05) is 36.9 Å². The van der Waals surface area contributed by atoms with Crippen molar-refractivity contribution in [3.05, 3.63) is 59.1 Å². The van der Waals surface area contributed by atoms with Gasteiger partial charge >= 0.3 is 6.03 Å². The van der Waals surface area contributed by atoms with E-state index in [1.54, 1.807) is 25.1 Å². The molecule has 0 bridgehead atoms. The van der Waals surface area contributed by atoms with E-state index in [1.807, 2.05) is 42.5 Å². The highest BCUT2D eigenvalue weighted by molar-refractivity contribution is 6.31. The summed E-state index contributed by atoms with van der Waals surface area (Å²) in [6.45, 7) is 1.77. The van der Waals surface area contributed by atoms with Crippen LogP contribution in [0.5, 0.6) is 5.75 Å². The number of ether oxygens (including phenoxy) is 1. The predicted molar refractivity (Wildman–Crippen MR) is 121 cm³/mol. The maximum atomic E-state index is 13.6. The SMILES string of the molecule is COc1cccc(N2CCCN3C4C(=O)N(Cc5ccccc5Cl)C(=O)N(C)C4NC23)c1. The highest BCUT2D eigenvalue weighted by Crippen LogP contribution is 2.34. The summed E-state index contributed by atoms with van der Waals surface area (Å²) in [5.74, 6) is 0.588. The number of rotatable bonds is 4. The summed E-state index contributed by atoms with van der Waals surface area (Å²) in [6, 6.07) is 14.4. The molecule has 3 saturated heterocycles. The third-order valence-corrected chi connectivity index (χ3v) is 6.91. The van der Waals surface area contributed by atoms with Gasteiger partial charge in [0.15, 0.2) is 0 Å². The zero-order chi connectivity index (χ0) is 22.4. The molecule has 3 heterocycles. The van der Waals surface area contributed by atoms with Crippen molar-refractivity contribution in [2.45, 2.75) is 31.5 Å². The molecule has 2 aromatic rings. The Balaban J connectivity index is 1.44. The van der Waals surface area contributed by atoms with Crippen molar-refractivity contribution in [3.8, 4) is 5.75 Å². The Labute approximate surface area is 192 Å². The number of methoxy groups -OCH3 is 1. The van der Waals surface area contributed by atoms with Crippen LogP contribution in [0.25, 0.3) is 0 Å². The minimum atomic E-state index is -0.460. The van der Waals surface area contributed by atoms with E-state index >= 15 is 0 Å². The van der Waals surface area contributed by atoms with Crippen LogP contribution in [-0.4, -0.2) is 72.4 Å². The second kappa shape index (κ2) is 8.27. The fourth-order valence-electron chi connectivity index (χ4n) is 4.92. The van der Waals surface area contributed by atoms with Gasteiger partial charge < -0.3 is 14.5 Å². The molecule has 0 radical (unpaired) electrons. The molecule has 9 heteroatoms. The zero-order valence-electron chi connectivity index (χ0n) is 18.1. The average Bonchev–Trinajstić information content (AvgIpc) is 3.21. The summed E-state index contributed by atoms with van der Waals surface area (Å²) < 4.78 is 5.39. The molecule has 8 nitrogen and oxygen atoms in total. The summed E-state index contributed by atoms with van der Waals surface area (Å²) in [5, 5.41) is 4.07. The number of imide groups is 1. The van der Waals surface area contributed by atoms with Crippen molar-refractivity contribution >= 4 is 29.2 Å². The molecule has 3 unspecified atom stereocenters. The first kappa shape index (κ1) is 21.1. The predicted octanol–water partition coefficient (Wildman–Crippen LogP) is 2.54. The number of halogens is 1. The third kappa shape index (κ3) is 3.39. The van der Waals surface area contributed by atoms with Crippen LogP contribution in [0.3, 0.4) is 0 Å². The number of anilines is 1. The topological polar surface area (TPSA) is 68.4 Å². The number of nitrogens with one attached hydrogen (secondary N) is 1. The van der Waals surface area contributed by atoms with Gasteiger partial charge in [0.05, 0.1) is 13.7 Å². The fourth-order valence-corrected chi connectivity index (χ4v) is 5.11. The van der Waals surface area contributed by atoms with Crippen LogP contribution >= 0.6 is 11.6 Å². The van der Waals surface area contributed by atoms with Gasteiger partial charge in [0.1, 0.15) is 24.2 Å². The number of benzene rings is 2. The quantitative estimate of drug-likeness (QED) is 0.764. The number of amides is 3. The van der Waals surface area contributed by atoms with Gasteiger partial charge in [-0.1, -0.05) is 35.9 Å². The number of likely N-dealkylation sites (N-methyl/N-ethyl adjacent to an activating group) is 1. The standard InChI is InChI=1S/C23H26ClN5O3/c1-26-20-19(21(30)29(23(26)31)14-15-7-3-4-10-18(15)24)28-12-6-11-27(22(28)25-20)16-8-5-9-17(13-16)32-2/h3-5,7-10,13,19-20,22,25H,6,11-12,14H2,1-2H3. The van der Waals surface area contributed by atoms with Crippen LogP contribution in [0.15, 0.2) is 48.5 Å². The van der Waals surface area contributed by atoms with Crippen molar-refractivity contribution in [2.24, 2.45) is 0 Å². The number of hydrogen-bond acceptors (Lipinski definition) is 6. The van der Waals surface area contributed by atoms with Gasteiger partial charge in [-0.2, -0.15) is 0 Å². The van der Waals surface area contributed by atoms with Crippen molar-refractivity contribution in [3.63, 3.8) is 0 Å². The molecule has 3 aliphatic rings. The lowest BCUT2D eigenvalue weighted by molar-refractivity contribution is -0.139. The minimum Gasteiger partial charge on any atom is -0.497 e. The lowest BCUT2D eigenvalue weighted by Crippen LogP contribution is -2.66. The molecule has 0 saturated carbocycles. The largest absolute Gasteiger partial charge is 0.497 e. The third-order valence-electron chi connectivity index (χ3n) is 6.54. The smallest absolute Gasteiger partial charge is 0.328 e. The second-order valence-corrected chi connectivity index (χ2v) is 8.73. The van der Waals surface area contributed by atoms with E-state index in [9.17, 15) is 9.59 Å². The summed E-state index contributed by atoms with van der Waals surface area (Å²) in [7, 11) is 3.39. The molecule has 168 valence electrons. The number of carbonyl (C=O) groups is 2. The molecule has 0 aliphatic carbocycles. The zero-order valence-corrected chi connectivity index (χ0v) is 18.8. The highest BCUT2D eigenvalue weighted by Gasteiger charge is 2.56. The van der Waals surface area contributed by atoms with Gasteiger partial charge in [-0.15, -0.1) is 0 Å². The first-order valence-electron chi connectivity index (χ1n) is 10.7. The van der Waals surface area contributed by atoms with Gasteiger partial charge in [-0.25, -0.2) is 4.79 Å². The molecular weight excluding hydrogens is 430 g/mol. The maximum Gasteiger partial charge on any atom is 0.328 e. The summed E-state index contributed by atoms with van der Waals surface area (Å²) in [4.78, 5) is 34.1. The molecule has 0 aromatic heterocycles. The van der Waals surface area contributed by atoms with Crippen molar-refractivity contribution in [1.82, 2.24) is 20.0 Å². The minimum absolute atomic E-state index is 0.156. The second-order valence-electron chi connectivity index (χ2n) is 8.33. The summed E-state index contributed by atoms with van der Waals surface area (Å²) >= 11 is 6.31. The molecule has 2 aromatic carbocycles. The van der Waals surface area contributed by atoms with Gasteiger partial charge in [0.2, 0.25) is 0 Å². The monoisotopic (exact) mass is 455 g/mol. The molecule has 3 fully saturated rings. The first-order valence-corrected chi connectivity index (χ1v) is 11.1. The lowest BCUT2D eigenvalue weighted by atomic mass is 10.1. The van der Waals surface area contributed by atoms with Gasteiger partial charge in [-0.3, -0.25) is 19.9 Å². The molecule has 3 amide bonds. The Kier molecular flexibility index (Phi) is 5.44. The molecule has 5 rings (SSSR count). The molecular formula is C23H26ClN5O3. The van der Waals surface area contributed by atoms with E-state index in [1.165, 1.54) is 4.90 Å². The normalized spacial score (nSPS) is 25.7. The van der Waals surface area contributed by atoms with E-state index in [2.05, 4.69) is 15.1 Å². The number of hydrogen-bond donors (Lipinski definition) is 1. The van der Waals surface area contributed by atoms with Crippen LogP contribution in [0.2, 0.25) is 5.02 Å².